The standard InChI is InChI=1S/C54H48N8O7S4/c1-53(2,3)68-52(66)58-51-56-40(33-73-51)43(60-69-54(37-24-13-6-14-25-37,38-26-15-7-16-27-38)39-28-17-8-18-29-39)47(63)57-44-48(64)62-45(41(34-72-49(44)62)70-30-19-31-71-42-32-55-61-59-42)50(65)67-46(35-20-9-4-10-21-35)36-22-11-5-12-23-36/h4-30,32-33,44,46,49H,31,34H2,1-3H3,(H,57,63)(H,55,59,61)(H,56,58,66)/b30-19-,60-43-/t44?,49-/m1/s1. The van der Waals surface area contributed by atoms with Gasteiger partial charge in [-0.1, -0.05) is 186 Å². The third-order valence-corrected chi connectivity index (χ3v) is 15.3. The summed E-state index contributed by atoms with van der Waals surface area (Å²) in [5, 5.41) is 24.4. The van der Waals surface area contributed by atoms with E-state index in [0.29, 0.717) is 16.4 Å². The van der Waals surface area contributed by atoms with Gasteiger partial charge in [-0.15, -0.1) is 28.2 Å². The second kappa shape index (κ2) is 23.0. The first-order chi connectivity index (χ1) is 35.5. The molecule has 0 radical (unpaired) electrons. The monoisotopic (exact) mass is 1050 g/mol. The van der Waals surface area contributed by atoms with E-state index in [-0.39, 0.29) is 22.2 Å². The largest absolute Gasteiger partial charge is 0.448 e. The number of carbonyl (C=O) groups excluding carboxylic acids is 4. The van der Waals surface area contributed by atoms with Crippen molar-refractivity contribution < 1.29 is 33.5 Å². The van der Waals surface area contributed by atoms with Gasteiger partial charge in [0.05, 0.1) is 6.20 Å². The van der Waals surface area contributed by atoms with Crippen LogP contribution in [0.2, 0.25) is 0 Å². The van der Waals surface area contributed by atoms with Gasteiger partial charge in [0.2, 0.25) is 5.60 Å². The summed E-state index contributed by atoms with van der Waals surface area (Å²) < 4.78 is 11.9. The number of ether oxygens (including phenoxy) is 2. The molecule has 1 fully saturated rings. The van der Waals surface area contributed by atoms with Gasteiger partial charge in [0.25, 0.3) is 11.8 Å². The number of aromatic amines is 1. The molecule has 2 aromatic heterocycles. The first kappa shape index (κ1) is 50.5. The second-order valence-corrected chi connectivity index (χ2v) is 21.3. The van der Waals surface area contributed by atoms with Gasteiger partial charge in [-0.3, -0.25) is 19.8 Å². The van der Waals surface area contributed by atoms with Crippen molar-refractivity contribution in [1.29, 1.82) is 0 Å². The normalized spacial score (nSPS) is 15.9. The Morgan fingerprint density at radius 1 is 0.849 bits per heavy atom. The molecule has 0 aliphatic carbocycles. The van der Waals surface area contributed by atoms with E-state index in [1.54, 1.807) is 32.3 Å². The van der Waals surface area contributed by atoms with E-state index in [9.17, 15) is 19.2 Å². The minimum Gasteiger partial charge on any atom is -0.448 e. The number of thiazole rings is 1. The van der Waals surface area contributed by atoms with E-state index in [0.717, 1.165) is 44.2 Å². The van der Waals surface area contributed by atoms with E-state index < -0.39 is 52.6 Å². The Morgan fingerprint density at radius 2 is 1.42 bits per heavy atom. The molecule has 3 amide bonds. The highest BCUT2D eigenvalue weighted by Gasteiger charge is 2.55. The molecule has 2 aliphatic rings. The Labute approximate surface area is 438 Å². The zero-order chi connectivity index (χ0) is 50.8. The highest BCUT2D eigenvalue weighted by molar-refractivity contribution is 8.08. The number of thioether (sulfide) groups is 3. The van der Waals surface area contributed by atoms with Crippen LogP contribution in [0.25, 0.3) is 0 Å². The summed E-state index contributed by atoms with van der Waals surface area (Å²) in [6.45, 7) is 5.23. The Balaban J connectivity index is 1.05. The van der Waals surface area contributed by atoms with Crippen LogP contribution in [-0.2, 0) is 34.3 Å². The van der Waals surface area contributed by atoms with Crippen molar-refractivity contribution in [2.75, 3.05) is 16.8 Å². The fourth-order valence-electron chi connectivity index (χ4n) is 8.02. The lowest BCUT2D eigenvalue weighted by Crippen LogP contribution is -2.71. The van der Waals surface area contributed by atoms with Crippen LogP contribution < -0.4 is 10.6 Å². The summed E-state index contributed by atoms with van der Waals surface area (Å²) in [6.07, 6.45) is 2.04. The van der Waals surface area contributed by atoms with E-state index in [2.05, 4.69) is 36.2 Å². The summed E-state index contributed by atoms with van der Waals surface area (Å²) in [5.41, 5.74) is 1.34. The third-order valence-electron chi connectivity index (χ3n) is 11.3. The molecular formula is C54H48N8O7S4. The summed E-state index contributed by atoms with van der Waals surface area (Å²) in [4.78, 5) is 70.6. The highest BCUT2D eigenvalue weighted by atomic mass is 32.2. The highest BCUT2D eigenvalue weighted by Crippen LogP contribution is 2.45. The van der Waals surface area contributed by atoms with Crippen molar-refractivity contribution >= 4 is 81.3 Å². The number of esters is 1. The maximum atomic E-state index is 15.0. The molecule has 2 aliphatic heterocycles. The first-order valence-corrected chi connectivity index (χ1v) is 26.8. The molecule has 7 aromatic rings. The molecule has 1 unspecified atom stereocenters. The van der Waals surface area contributed by atoms with Gasteiger partial charge in [0, 0.05) is 38.5 Å². The van der Waals surface area contributed by atoms with E-state index >= 15 is 0 Å². The molecule has 370 valence electrons. The molecule has 2 atom stereocenters. The van der Waals surface area contributed by atoms with Crippen LogP contribution in [0.4, 0.5) is 9.93 Å². The van der Waals surface area contributed by atoms with Crippen molar-refractivity contribution in [3.05, 3.63) is 219 Å². The SMILES string of the molecule is CC(C)(C)OC(=O)Nc1nc(/C(=N/OC(c2ccccc2)(c2ccccc2)c2ccccc2)C(=O)NC2C(=O)N3C(C(=O)OC(c4ccccc4)c4ccccc4)=C(S/C=C\CSc4cn[nH]n4)CS[C@H]23)cs1. The number of hydrogen-bond donors (Lipinski definition) is 3. The zero-order valence-corrected chi connectivity index (χ0v) is 42.9. The number of oxime groups is 1. The molecule has 0 spiro atoms. The van der Waals surface area contributed by atoms with Gasteiger partial charge in [-0.2, -0.15) is 10.3 Å². The Morgan fingerprint density at radius 3 is 1.97 bits per heavy atom. The van der Waals surface area contributed by atoms with Crippen molar-refractivity contribution in [2.24, 2.45) is 5.16 Å². The molecule has 1 saturated heterocycles. The third kappa shape index (κ3) is 11.8. The molecule has 4 heterocycles. The smallest absolute Gasteiger partial charge is 0.413 e. The number of hydrogen-bond acceptors (Lipinski definition) is 15. The molecule has 15 nitrogen and oxygen atoms in total. The number of benzene rings is 5. The number of nitrogens with one attached hydrogen (secondary N) is 3. The molecular weight excluding hydrogens is 1000 g/mol. The fourth-order valence-corrected chi connectivity index (χ4v) is 11.7. The van der Waals surface area contributed by atoms with Crippen LogP contribution in [0.3, 0.4) is 0 Å². The molecule has 3 N–H and O–H groups in total. The van der Waals surface area contributed by atoms with Gasteiger partial charge in [0.15, 0.2) is 16.9 Å². The van der Waals surface area contributed by atoms with Crippen LogP contribution in [0.15, 0.2) is 196 Å². The molecule has 9 rings (SSSR count). The topological polar surface area (TPSA) is 190 Å². The lowest BCUT2D eigenvalue weighted by atomic mass is 9.80. The number of rotatable bonds is 18. The maximum Gasteiger partial charge on any atom is 0.413 e. The molecule has 0 saturated carbocycles. The summed E-state index contributed by atoms with van der Waals surface area (Å²) in [7, 11) is 0. The predicted molar refractivity (Wildman–Crippen MR) is 286 cm³/mol. The van der Waals surface area contributed by atoms with Crippen LogP contribution in [0.1, 0.15) is 60.4 Å². The van der Waals surface area contributed by atoms with Crippen molar-refractivity contribution in [3.63, 3.8) is 0 Å². The van der Waals surface area contributed by atoms with Crippen LogP contribution in [0.5, 0.6) is 0 Å². The molecule has 0 bridgehead atoms. The van der Waals surface area contributed by atoms with Crippen molar-refractivity contribution in [3.8, 4) is 0 Å². The molecule has 73 heavy (non-hydrogen) atoms. The average molecular weight is 1050 g/mol. The predicted octanol–water partition coefficient (Wildman–Crippen LogP) is 10.3. The lowest BCUT2D eigenvalue weighted by Gasteiger charge is -2.49. The number of nitrogens with zero attached hydrogens (tertiary/aromatic N) is 5. The van der Waals surface area contributed by atoms with Crippen LogP contribution in [0, 0.1) is 0 Å². The summed E-state index contributed by atoms with van der Waals surface area (Å²) >= 11 is 5.25. The van der Waals surface area contributed by atoms with E-state index in [1.165, 1.54) is 40.2 Å². The molecule has 5 aromatic carbocycles. The van der Waals surface area contributed by atoms with Gasteiger partial charge in [0.1, 0.15) is 33.4 Å². The van der Waals surface area contributed by atoms with Crippen molar-refractivity contribution in [2.45, 2.75) is 54.5 Å². The van der Waals surface area contributed by atoms with E-state index in [4.69, 9.17) is 14.3 Å². The Hall–Kier alpha value is -7.45. The minimum absolute atomic E-state index is 0.0563. The first-order valence-electron chi connectivity index (χ1n) is 23.0. The fraction of sp³-hybridized carbons (Fsp3) is 0.185. The quantitative estimate of drug-likeness (QED) is 0.0184. The van der Waals surface area contributed by atoms with E-state index in [1.807, 2.05) is 163 Å². The van der Waals surface area contributed by atoms with Crippen LogP contribution in [-0.4, -0.2) is 83.4 Å². The maximum absolute atomic E-state index is 15.0. The summed E-state index contributed by atoms with van der Waals surface area (Å²) in [6, 6.07) is 46.2. The Bertz CT molecular complexity index is 2980. The lowest BCUT2D eigenvalue weighted by molar-refractivity contribution is -0.154. The second-order valence-electron chi connectivity index (χ2n) is 17.3. The number of carbonyl (C=O) groups is 4. The number of amides is 3. The van der Waals surface area contributed by atoms with Gasteiger partial charge >= 0.3 is 12.1 Å². The number of aromatic nitrogens is 4. The zero-order valence-electron chi connectivity index (χ0n) is 39.6. The number of fused-ring (bicyclic) bond motifs is 1. The summed E-state index contributed by atoms with van der Waals surface area (Å²) in [5.74, 6) is -1.12. The molecule has 19 heteroatoms. The number of anilines is 1. The minimum atomic E-state index is -1.39. The average Bonchev–Trinajstić information content (AvgIpc) is 4.11. The van der Waals surface area contributed by atoms with Crippen LogP contribution >= 0.6 is 46.6 Å². The van der Waals surface area contributed by atoms with Gasteiger partial charge in [-0.05, 0) is 37.3 Å². The van der Waals surface area contributed by atoms with Gasteiger partial charge < -0.3 is 19.6 Å². The Kier molecular flexibility index (Phi) is 15.9. The van der Waals surface area contributed by atoms with Crippen molar-refractivity contribution in [1.82, 2.24) is 30.6 Å². The number of β-lactam (4-membered cyclic amide) rings is 1. The van der Waals surface area contributed by atoms with Gasteiger partial charge in [-0.25, -0.2) is 14.6 Å². The number of H-pyrrole nitrogens is 1.